The Morgan fingerprint density at radius 1 is 0.357 bits per heavy atom. The van der Waals surface area contributed by atoms with E-state index in [1.54, 1.807) is 72.8 Å². The van der Waals surface area contributed by atoms with Gasteiger partial charge in [-0.05, 0) is 183 Å². The van der Waals surface area contributed by atoms with Crippen molar-refractivity contribution < 1.29 is 68.1 Å². The van der Waals surface area contributed by atoms with E-state index in [4.69, 9.17) is 98.0 Å². The van der Waals surface area contributed by atoms with Crippen LogP contribution in [0.3, 0.4) is 0 Å². The van der Waals surface area contributed by atoms with Crippen LogP contribution in [-0.4, -0.2) is 262 Å². The molecule has 0 bridgehead atoms. The minimum atomic E-state index is -3.85. The summed E-state index contributed by atoms with van der Waals surface area (Å²) in [7, 11) is -5.56. The van der Waals surface area contributed by atoms with Crippen molar-refractivity contribution in [3.05, 3.63) is 189 Å². The molecule has 0 radical (unpaired) electrons. The fraction of sp³-hybridized carbons (Fsp3) is 0.500. The maximum absolute atomic E-state index is 13.3. The summed E-state index contributed by atoms with van der Waals surface area (Å²) in [6.45, 7) is 10.1. The number of urea groups is 3. The molecule has 0 saturated heterocycles. The van der Waals surface area contributed by atoms with Crippen LogP contribution in [0.2, 0.25) is 30.1 Å². The van der Waals surface area contributed by atoms with E-state index in [0.29, 0.717) is 128 Å². The van der Waals surface area contributed by atoms with Crippen molar-refractivity contribution in [3.63, 3.8) is 0 Å². The van der Waals surface area contributed by atoms with Gasteiger partial charge in [0.1, 0.15) is 0 Å². The molecule has 632 valence electrons. The van der Waals surface area contributed by atoms with E-state index in [1.165, 1.54) is 0 Å². The molecule has 0 aliphatic carbocycles. The van der Waals surface area contributed by atoms with Gasteiger partial charge in [0.05, 0.1) is 94.0 Å². The highest BCUT2D eigenvalue weighted by molar-refractivity contribution is 7.90. The van der Waals surface area contributed by atoms with E-state index in [2.05, 4.69) is 65.7 Å². The molecule has 3 atom stereocenters. The van der Waals surface area contributed by atoms with Crippen molar-refractivity contribution in [2.24, 2.45) is 0 Å². The Morgan fingerprint density at radius 2 is 0.609 bits per heavy atom. The van der Waals surface area contributed by atoms with Gasteiger partial charge in [0.15, 0.2) is 0 Å². The molecule has 115 heavy (non-hydrogen) atoms. The Labute approximate surface area is 705 Å². The zero-order valence-electron chi connectivity index (χ0n) is 64.9. The Balaban J connectivity index is 0.614. The molecule has 28 nitrogen and oxygen atoms in total. The second kappa shape index (κ2) is 47.3. The third-order valence-corrected chi connectivity index (χ3v) is 25.4. The van der Waals surface area contributed by atoms with Crippen molar-refractivity contribution >= 4 is 118 Å². The number of nitrogens with zero attached hydrogens (tertiary/aromatic N) is 4. The van der Waals surface area contributed by atoms with Gasteiger partial charge in [-0.2, -0.15) is 0 Å². The molecular weight excluding hydrogens is 1670 g/mol. The predicted molar refractivity (Wildman–Crippen MR) is 448 cm³/mol. The van der Waals surface area contributed by atoms with Gasteiger partial charge in [-0.15, -0.1) is 0 Å². The summed E-state index contributed by atoms with van der Waals surface area (Å²) >= 11 is 38.8. The summed E-state index contributed by atoms with van der Waals surface area (Å²) in [5.74, 6) is -0.372. The maximum atomic E-state index is 13.3. The van der Waals surface area contributed by atoms with Crippen LogP contribution in [0.5, 0.6) is 0 Å². The van der Waals surface area contributed by atoms with E-state index in [9.17, 15) is 39.6 Å². The Bertz CT molecular complexity index is 4090. The number of benzene rings is 6. The number of sulfonamides is 3. The molecule has 3 aliphatic heterocycles. The van der Waals surface area contributed by atoms with E-state index in [-0.39, 0.29) is 169 Å². The van der Waals surface area contributed by atoms with Crippen LogP contribution in [0.15, 0.2) is 124 Å². The van der Waals surface area contributed by atoms with Gasteiger partial charge in [0, 0.05) is 146 Å². The fourth-order valence-electron chi connectivity index (χ4n) is 13.8. The second-order valence-electron chi connectivity index (χ2n) is 28.1. The number of rotatable bonds is 48. The van der Waals surface area contributed by atoms with Crippen molar-refractivity contribution in [1.29, 1.82) is 0 Å². The number of halogens is 6. The summed E-state index contributed by atoms with van der Waals surface area (Å²) in [6, 6.07) is 30.4. The molecule has 37 heteroatoms. The van der Waals surface area contributed by atoms with Gasteiger partial charge in [-0.25, -0.2) is 53.8 Å². The minimum absolute atomic E-state index is 0.0459. The number of hydrogen-bond donors (Lipinski definition) is 9. The molecule has 6 aromatic carbocycles. The highest BCUT2D eigenvalue weighted by atomic mass is 35.5. The van der Waals surface area contributed by atoms with Crippen LogP contribution >= 0.6 is 69.6 Å². The van der Waals surface area contributed by atoms with Gasteiger partial charge in [-0.3, -0.25) is 0 Å². The third-order valence-electron chi connectivity index (χ3n) is 19.3. The number of amides is 6. The summed E-state index contributed by atoms with van der Waals surface area (Å²) < 4.78 is 122. The lowest BCUT2D eigenvalue weighted by atomic mass is 9.85. The first kappa shape index (κ1) is 93.1. The van der Waals surface area contributed by atoms with Crippen molar-refractivity contribution in [2.45, 2.75) is 71.3 Å². The van der Waals surface area contributed by atoms with Gasteiger partial charge in [0.2, 0.25) is 30.1 Å². The Hall–Kier alpha value is -5.80. The summed E-state index contributed by atoms with van der Waals surface area (Å²) in [6.07, 6.45) is 1.82. The quantitative estimate of drug-likeness (QED) is 0.0161. The number of carbonyl (C=O) groups is 3. The molecule has 0 aromatic heterocycles. The first-order chi connectivity index (χ1) is 55.2. The minimum Gasteiger partial charge on any atom is -0.378 e. The van der Waals surface area contributed by atoms with Gasteiger partial charge >= 0.3 is 18.1 Å². The molecule has 3 heterocycles. The lowest BCUT2D eigenvalue weighted by Crippen LogP contribution is -2.41. The largest absolute Gasteiger partial charge is 0.378 e. The molecular formula is C78H105Cl6N13O15S3. The van der Waals surface area contributed by atoms with Crippen LogP contribution < -0.4 is 46.1 Å². The number of fused-ring (bicyclic) bond motifs is 3. The van der Waals surface area contributed by atoms with Gasteiger partial charge < -0.3 is 79.9 Å². The monoisotopic (exact) mass is 1770 g/mol. The molecule has 0 saturated carbocycles. The van der Waals surface area contributed by atoms with Crippen LogP contribution in [-0.2, 0) is 78.1 Å². The normalized spacial score (nSPS) is 16.1. The molecule has 0 spiro atoms. The maximum Gasteiger partial charge on any atom is 0.314 e. The number of likely N-dealkylation sites (N-methyl/N-ethyl adjacent to an activating group) is 3. The topological polar surface area (TPSA) is 330 Å². The average molecular weight is 1770 g/mol. The SMILES string of the molecule is CN1Cc2c(Cl)cc(Cl)cc2[C@H](c2cccc(S(=O)(=O)NCCOCCOCCNC(=O)NCCCN(CCCNC(=O)NCCOCCOCCNS(=O)(=O)c3cccc([C@@H]4CN(C)Cc5c(Cl)cc(Cl)cc54)c3)CCCNC(=O)NCCOCCOCCNS(=O)(=O)c3cccc([C@@H]4CN(C)Cc5c(Cl)cc(Cl)cc54)c3)c2)C1. The van der Waals surface area contributed by atoms with Crippen molar-refractivity contribution in [2.75, 3.05) is 199 Å². The van der Waals surface area contributed by atoms with E-state index in [0.717, 1.165) is 50.1 Å². The number of hydrogen-bond acceptors (Lipinski definition) is 19. The highest BCUT2D eigenvalue weighted by Gasteiger charge is 2.32. The van der Waals surface area contributed by atoms with E-state index >= 15 is 0 Å². The van der Waals surface area contributed by atoms with Gasteiger partial charge in [-0.1, -0.05) is 106 Å². The first-order valence-corrected chi connectivity index (χ1v) is 45.0. The molecule has 6 aromatic rings. The molecule has 9 N–H and O–H groups in total. The zero-order valence-corrected chi connectivity index (χ0v) is 71.8. The summed E-state index contributed by atoms with van der Waals surface area (Å²) in [5, 5.41) is 20.3. The lowest BCUT2D eigenvalue weighted by molar-refractivity contribution is 0.0516. The van der Waals surface area contributed by atoms with Crippen LogP contribution in [0.25, 0.3) is 0 Å². The number of carbonyl (C=O) groups excluding carboxylic acids is 3. The van der Waals surface area contributed by atoms with Crippen LogP contribution in [0.4, 0.5) is 14.4 Å². The number of nitrogens with one attached hydrogen (secondary N) is 9. The standard InChI is InChI=1S/C78H105Cl6N13O15S3/c1-94-49-67(64-43-58(79)46-73(82)70(64)52-94)55-10-4-13-61(40-55)113(101,102)91-22-31-110-37-34-107-28-19-88-76(98)85-16-7-25-97(26-8-17-86-77(99)89-20-29-108-35-38-111-32-23-92-114(103,104)62-14-5-11-56(41-62)68-50-95(2)53-71-65(68)44-59(80)47-74(71)83)27-9-18-87-78(100)90-21-30-109-36-39-112-33-24-93-115(105,106)63-15-6-12-57(42-63)69-51-96(3)54-72-66(69)45-60(81)48-75(72)84/h4-6,10-15,40-48,67-69,91-93H,7-9,16-39,49-54H2,1-3H3,(H2,85,88,98)(H2,86,89,99)(H2,87,90,100)/t67-,68-,69-/m0/s1. The Morgan fingerprint density at radius 3 is 0.878 bits per heavy atom. The molecule has 9 rings (SSSR count). The van der Waals surface area contributed by atoms with Crippen LogP contribution in [0.1, 0.15) is 87.1 Å². The molecule has 6 amide bonds. The van der Waals surface area contributed by atoms with Crippen LogP contribution in [0, 0.1) is 0 Å². The van der Waals surface area contributed by atoms with Crippen molar-refractivity contribution in [3.8, 4) is 0 Å². The smallest absolute Gasteiger partial charge is 0.314 e. The van der Waals surface area contributed by atoms with E-state index in [1.807, 2.05) is 57.5 Å². The average Bonchev–Trinajstić information content (AvgIpc) is 0.783. The lowest BCUT2D eigenvalue weighted by Gasteiger charge is -2.33. The zero-order chi connectivity index (χ0) is 82.3. The third kappa shape index (κ3) is 30.1. The van der Waals surface area contributed by atoms with Gasteiger partial charge in [0.25, 0.3) is 0 Å². The highest BCUT2D eigenvalue weighted by Crippen LogP contribution is 2.42. The molecule has 3 aliphatic rings. The predicted octanol–water partition coefficient (Wildman–Crippen LogP) is 9.04. The fourth-order valence-corrected chi connectivity index (χ4v) is 18.7. The Kier molecular flexibility index (Phi) is 38.3. The molecule has 0 unspecified atom stereocenters. The summed E-state index contributed by atoms with van der Waals surface area (Å²) in [5.41, 5.74) is 8.35. The summed E-state index contributed by atoms with van der Waals surface area (Å²) in [4.78, 5) is 47.1. The van der Waals surface area contributed by atoms with E-state index < -0.39 is 30.1 Å². The molecule has 0 fully saturated rings. The first-order valence-electron chi connectivity index (χ1n) is 38.3. The number of ether oxygens (including phenoxy) is 6. The van der Waals surface area contributed by atoms with Crippen molar-refractivity contribution in [1.82, 2.24) is 65.7 Å². The second-order valence-corrected chi connectivity index (χ2v) is 36.0.